The van der Waals surface area contributed by atoms with Gasteiger partial charge in [-0.3, -0.25) is 19.3 Å². The number of rotatable bonds is 5. The molecular weight excluding hydrogens is 362 g/mol. The largest absolute Gasteiger partial charge is 0.478 e. The van der Waals surface area contributed by atoms with Gasteiger partial charge in [0.2, 0.25) is 6.10 Å². The fourth-order valence-corrected chi connectivity index (χ4v) is 4.17. The van der Waals surface area contributed by atoms with Crippen LogP contribution in [0.15, 0.2) is 60.7 Å². The Balaban J connectivity index is 1.78. The molecule has 1 amide bonds. The van der Waals surface area contributed by atoms with Crippen molar-refractivity contribution < 1.29 is 28.6 Å². The van der Waals surface area contributed by atoms with E-state index in [1.165, 1.54) is 19.1 Å². The van der Waals surface area contributed by atoms with Crippen LogP contribution in [0.5, 0.6) is 5.75 Å². The zero-order valence-corrected chi connectivity index (χ0v) is 15.4. The van der Waals surface area contributed by atoms with E-state index in [4.69, 9.17) is 14.2 Å². The summed E-state index contributed by atoms with van der Waals surface area (Å²) in [6.45, 7) is 0. The zero-order valence-electron chi connectivity index (χ0n) is 15.4. The Labute approximate surface area is 161 Å². The van der Waals surface area contributed by atoms with Crippen LogP contribution in [0.25, 0.3) is 0 Å². The van der Waals surface area contributed by atoms with Gasteiger partial charge in [-0.05, 0) is 24.3 Å². The van der Waals surface area contributed by atoms with E-state index in [1.54, 1.807) is 48.5 Å². The van der Waals surface area contributed by atoms with Gasteiger partial charge in [0.05, 0.1) is 14.2 Å². The first-order valence-electron chi connectivity index (χ1n) is 8.83. The Kier molecular flexibility index (Phi) is 4.30. The number of ether oxygens (including phenoxy) is 3. The summed E-state index contributed by atoms with van der Waals surface area (Å²) in [4.78, 5) is 39.4. The summed E-state index contributed by atoms with van der Waals surface area (Å²) in [6.07, 6.45) is -0.997. The second kappa shape index (κ2) is 6.67. The minimum Gasteiger partial charge on any atom is -0.478 e. The summed E-state index contributed by atoms with van der Waals surface area (Å²) < 4.78 is 15.8. The maximum Gasteiger partial charge on any atom is 0.312 e. The number of hydrogen-bond acceptors (Lipinski definition) is 6. The molecule has 1 saturated heterocycles. The van der Waals surface area contributed by atoms with E-state index in [9.17, 15) is 14.4 Å². The van der Waals surface area contributed by atoms with E-state index in [0.29, 0.717) is 11.4 Å². The highest BCUT2D eigenvalue weighted by Gasteiger charge is 2.88. The third-order valence-corrected chi connectivity index (χ3v) is 5.39. The highest BCUT2D eigenvalue weighted by atomic mass is 16.5. The monoisotopic (exact) mass is 381 g/mol. The number of carbonyl (C=O) groups excluding carboxylic acids is 3. The average Bonchev–Trinajstić information content (AvgIpc) is 3.44. The van der Waals surface area contributed by atoms with Crippen molar-refractivity contribution in [3.63, 3.8) is 0 Å². The normalized spacial score (nSPS) is 27.7. The van der Waals surface area contributed by atoms with Crippen LogP contribution in [-0.2, 0) is 23.9 Å². The first-order chi connectivity index (χ1) is 13.6. The Hall–Kier alpha value is -3.35. The van der Waals surface area contributed by atoms with Crippen molar-refractivity contribution in [1.29, 1.82) is 0 Å². The van der Waals surface area contributed by atoms with Gasteiger partial charge in [0, 0.05) is 5.69 Å². The quantitative estimate of drug-likeness (QED) is 0.580. The fourth-order valence-electron chi connectivity index (χ4n) is 4.17. The van der Waals surface area contributed by atoms with Gasteiger partial charge in [-0.25, -0.2) is 0 Å². The SMILES string of the molecule is COC(=O)[C@@H]1[C@@H](C(=O)OC)C12[C@H](Oc1ccccc1)C(=O)N2c1ccccc1. The van der Waals surface area contributed by atoms with E-state index in [1.807, 2.05) is 12.1 Å². The van der Waals surface area contributed by atoms with Crippen molar-refractivity contribution in [3.05, 3.63) is 60.7 Å². The van der Waals surface area contributed by atoms with Crippen LogP contribution in [0.3, 0.4) is 0 Å². The molecule has 0 aromatic heterocycles. The van der Waals surface area contributed by atoms with Crippen LogP contribution in [0.2, 0.25) is 0 Å². The summed E-state index contributed by atoms with van der Waals surface area (Å²) in [6, 6.07) is 17.7. The van der Waals surface area contributed by atoms with E-state index >= 15 is 0 Å². The van der Waals surface area contributed by atoms with Gasteiger partial charge in [0.25, 0.3) is 5.91 Å². The molecule has 3 atom stereocenters. The molecule has 0 unspecified atom stereocenters. The molecule has 2 fully saturated rings. The molecule has 1 heterocycles. The highest BCUT2D eigenvalue weighted by molar-refractivity contribution is 6.14. The van der Waals surface area contributed by atoms with Crippen molar-refractivity contribution in [2.45, 2.75) is 11.6 Å². The lowest BCUT2D eigenvalue weighted by molar-refractivity contribution is -0.148. The molecule has 144 valence electrons. The van der Waals surface area contributed by atoms with Gasteiger partial charge in [-0.15, -0.1) is 0 Å². The lowest BCUT2D eigenvalue weighted by Crippen LogP contribution is -2.72. The van der Waals surface area contributed by atoms with Crippen molar-refractivity contribution in [2.24, 2.45) is 11.8 Å². The number of nitrogens with zero attached hydrogens (tertiary/aromatic N) is 1. The molecule has 7 nitrogen and oxygen atoms in total. The molecule has 2 aromatic rings. The van der Waals surface area contributed by atoms with Crippen LogP contribution in [0, 0.1) is 11.8 Å². The van der Waals surface area contributed by atoms with Gasteiger partial charge < -0.3 is 14.2 Å². The number of amides is 1. The summed E-state index contributed by atoms with van der Waals surface area (Å²) in [7, 11) is 2.51. The molecular formula is C21H19NO6. The smallest absolute Gasteiger partial charge is 0.312 e. The minimum absolute atomic E-state index is 0.324. The van der Waals surface area contributed by atoms with Crippen molar-refractivity contribution >= 4 is 23.5 Å². The minimum atomic E-state index is -1.17. The van der Waals surface area contributed by atoms with Crippen LogP contribution in [0.4, 0.5) is 5.69 Å². The average molecular weight is 381 g/mol. The molecule has 1 saturated carbocycles. The molecule has 4 rings (SSSR count). The Morgan fingerprint density at radius 3 is 1.86 bits per heavy atom. The van der Waals surface area contributed by atoms with E-state index in [0.717, 1.165) is 0 Å². The number of hydrogen-bond donors (Lipinski definition) is 0. The molecule has 0 bridgehead atoms. The second-order valence-electron chi connectivity index (χ2n) is 6.71. The van der Waals surface area contributed by atoms with E-state index in [2.05, 4.69) is 0 Å². The molecule has 7 heteroatoms. The number of carbonyl (C=O) groups is 3. The number of anilines is 1. The zero-order chi connectivity index (χ0) is 19.9. The van der Waals surface area contributed by atoms with Crippen LogP contribution in [-0.4, -0.2) is 43.7 Å². The first kappa shape index (κ1) is 18.0. The maximum absolute atomic E-state index is 13.0. The van der Waals surface area contributed by atoms with Gasteiger partial charge in [0.15, 0.2) is 0 Å². The van der Waals surface area contributed by atoms with E-state index in [-0.39, 0.29) is 5.91 Å². The second-order valence-corrected chi connectivity index (χ2v) is 6.71. The number of esters is 2. The van der Waals surface area contributed by atoms with Crippen LogP contribution < -0.4 is 9.64 Å². The summed E-state index contributed by atoms with van der Waals surface area (Å²) in [5.74, 6) is -2.73. The van der Waals surface area contributed by atoms with Gasteiger partial charge in [0.1, 0.15) is 23.1 Å². The lowest BCUT2D eigenvalue weighted by Gasteiger charge is -2.48. The molecule has 1 aliphatic carbocycles. The standard InChI is InChI=1S/C21H19NO6/c1-26-19(24)15-16(20(25)27-2)21(15)17(28-14-11-7-4-8-12-14)18(23)22(21)13-9-5-3-6-10-13/h3-12,15-17H,1-2H3/t15-,16-,17+/m0/s1. The van der Waals surface area contributed by atoms with Crippen LogP contribution in [0.1, 0.15) is 0 Å². The van der Waals surface area contributed by atoms with E-state index < -0.39 is 35.4 Å². The van der Waals surface area contributed by atoms with Crippen molar-refractivity contribution in [3.8, 4) is 5.75 Å². The third-order valence-electron chi connectivity index (χ3n) is 5.39. The summed E-state index contributed by atoms with van der Waals surface area (Å²) in [5, 5.41) is 0. The Morgan fingerprint density at radius 1 is 0.857 bits per heavy atom. The first-order valence-corrected chi connectivity index (χ1v) is 8.83. The molecule has 2 aromatic carbocycles. The van der Waals surface area contributed by atoms with Gasteiger partial charge in [-0.1, -0.05) is 36.4 Å². The highest BCUT2D eigenvalue weighted by Crippen LogP contribution is 2.65. The third kappa shape index (κ3) is 2.39. The summed E-state index contributed by atoms with van der Waals surface area (Å²) in [5.41, 5.74) is -0.588. The molecule has 0 N–H and O–H groups in total. The topological polar surface area (TPSA) is 82.1 Å². The van der Waals surface area contributed by atoms with Crippen LogP contribution >= 0.6 is 0 Å². The molecule has 1 spiro atoms. The van der Waals surface area contributed by atoms with Crippen molar-refractivity contribution in [1.82, 2.24) is 0 Å². The molecule has 28 heavy (non-hydrogen) atoms. The molecule has 2 aliphatic rings. The maximum atomic E-state index is 13.0. The number of para-hydroxylation sites is 2. The predicted molar refractivity (Wildman–Crippen MR) is 98.5 cm³/mol. The molecule has 0 radical (unpaired) electrons. The number of β-lactam (4-membered cyclic amide) rings is 1. The van der Waals surface area contributed by atoms with Gasteiger partial charge in [-0.2, -0.15) is 0 Å². The lowest BCUT2D eigenvalue weighted by atomic mass is 9.89. The predicted octanol–water partition coefficient (Wildman–Crippen LogP) is 1.81. The number of benzene rings is 2. The summed E-state index contributed by atoms with van der Waals surface area (Å²) >= 11 is 0. The molecule has 1 aliphatic heterocycles. The van der Waals surface area contributed by atoms with Gasteiger partial charge >= 0.3 is 11.9 Å². The Bertz CT molecular complexity index is 891. The number of methoxy groups -OCH3 is 2. The fraction of sp³-hybridized carbons (Fsp3) is 0.286. The van der Waals surface area contributed by atoms with Crippen molar-refractivity contribution in [2.75, 3.05) is 19.1 Å². The Morgan fingerprint density at radius 2 is 1.36 bits per heavy atom.